The zero-order valence-corrected chi connectivity index (χ0v) is 21.8. The van der Waals surface area contributed by atoms with Crippen LogP contribution in [-0.4, -0.2) is 59.8 Å². The van der Waals surface area contributed by atoms with E-state index in [1.807, 2.05) is 21.0 Å². The Kier molecular flexibility index (Phi) is 7.18. The summed E-state index contributed by atoms with van der Waals surface area (Å²) in [5.74, 6) is 2.14. The Morgan fingerprint density at radius 2 is 1.91 bits per heavy atom. The lowest BCUT2D eigenvalue weighted by atomic mass is 9.52. The molecule has 5 rings (SSSR count). The third-order valence-electron chi connectivity index (χ3n) is 7.74. The van der Waals surface area contributed by atoms with E-state index in [0.717, 1.165) is 32.1 Å². The van der Waals surface area contributed by atoms with Crippen molar-refractivity contribution in [1.29, 1.82) is 0 Å². The Morgan fingerprint density at radius 1 is 1.23 bits per heavy atom. The van der Waals surface area contributed by atoms with Crippen molar-refractivity contribution in [1.82, 2.24) is 20.4 Å². The number of rotatable bonds is 9. The van der Waals surface area contributed by atoms with Crippen LogP contribution in [0.1, 0.15) is 70.2 Å². The van der Waals surface area contributed by atoms with Crippen molar-refractivity contribution in [3.8, 4) is 5.88 Å². The molecule has 4 bridgehead atoms. The van der Waals surface area contributed by atoms with Gasteiger partial charge in [-0.05, 0) is 75.7 Å². The number of methoxy groups -OCH3 is 2. The Morgan fingerprint density at radius 3 is 2.51 bits per heavy atom. The van der Waals surface area contributed by atoms with Gasteiger partial charge in [0.15, 0.2) is 0 Å². The van der Waals surface area contributed by atoms with Crippen molar-refractivity contribution in [2.24, 2.45) is 23.7 Å². The van der Waals surface area contributed by atoms with Gasteiger partial charge in [0.05, 0.1) is 31.1 Å². The molecule has 1 aromatic heterocycles. The summed E-state index contributed by atoms with van der Waals surface area (Å²) in [6, 6.07) is 0.155. The lowest BCUT2D eigenvalue weighted by Crippen LogP contribution is -2.62. The van der Waals surface area contributed by atoms with Gasteiger partial charge >= 0.3 is 6.09 Å². The summed E-state index contributed by atoms with van der Waals surface area (Å²) in [7, 11) is 3.16. The number of carbonyl (C=O) groups is 2. The molecule has 1 heterocycles. The van der Waals surface area contributed by atoms with Crippen molar-refractivity contribution >= 4 is 18.2 Å². The highest BCUT2D eigenvalue weighted by Crippen LogP contribution is 2.57. The first-order valence-corrected chi connectivity index (χ1v) is 12.7. The summed E-state index contributed by atoms with van der Waals surface area (Å²) < 4.78 is 18.3. The topological polar surface area (TPSA) is 104 Å². The molecule has 1 aromatic rings. The maximum Gasteiger partial charge on any atom is 0.407 e. The molecule has 2 atom stereocenters. The molecule has 4 aliphatic carbocycles. The average Bonchev–Trinajstić information content (AvgIpc) is 3.21. The molecule has 0 saturated heterocycles. The molecular formula is C26H40N4O5. The normalized spacial score (nSPS) is 29.6. The molecule has 0 aliphatic heterocycles. The third-order valence-corrected chi connectivity index (χ3v) is 7.74. The van der Waals surface area contributed by atoms with Crippen LogP contribution in [-0.2, 0) is 9.47 Å². The molecular weight excluding hydrogens is 448 g/mol. The lowest BCUT2D eigenvalue weighted by molar-refractivity contribution is -0.156. The van der Waals surface area contributed by atoms with Gasteiger partial charge < -0.3 is 24.8 Å². The van der Waals surface area contributed by atoms with Crippen LogP contribution in [0.2, 0.25) is 0 Å². The van der Waals surface area contributed by atoms with Crippen molar-refractivity contribution < 1.29 is 23.8 Å². The average molecular weight is 489 g/mol. The molecule has 0 spiro atoms. The lowest BCUT2D eigenvalue weighted by Gasteiger charge is -2.59. The van der Waals surface area contributed by atoms with E-state index < -0.39 is 11.6 Å². The first-order chi connectivity index (χ1) is 16.5. The molecule has 194 valence electrons. The van der Waals surface area contributed by atoms with E-state index in [0.29, 0.717) is 35.8 Å². The summed E-state index contributed by atoms with van der Waals surface area (Å²) in [6.45, 7) is 8.24. The van der Waals surface area contributed by atoms with Crippen LogP contribution < -0.4 is 15.4 Å². The summed E-state index contributed by atoms with van der Waals surface area (Å²) >= 11 is 0. The van der Waals surface area contributed by atoms with E-state index in [1.54, 1.807) is 23.2 Å². The molecule has 4 fully saturated rings. The van der Waals surface area contributed by atoms with Crippen molar-refractivity contribution in [2.45, 2.75) is 77.0 Å². The predicted octanol–water partition coefficient (Wildman–Crippen LogP) is 3.85. The molecule has 2 amide bonds. The van der Waals surface area contributed by atoms with E-state index in [2.05, 4.69) is 29.6 Å². The maximum atomic E-state index is 13.5. The SMILES string of the molecule is COC(=O)NC(C)(C)/C=C/n1ncc(C(=O)NC2C3CC4CC2CC(OC)(C4)C3)c1OCC(C)C. The first kappa shape index (κ1) is 25.5. The fourth-order valence-electron chi connectivity index (χ4n) is 6.28. The van der Waals surface area contributed by atoms with Crippen LogP contribution in [0, 0.1) is 23.7 Å². The van der Waals surface area contributed by atoms with Gasteiger partial charge in [-0.25, -0.2) is 9.48 Å². The Hall–Kier alpha value is -2.55. The molecule has 4 aliphatic rings. The summed E-state index contributed by atoms with van der Waals surface area (Å²) in [5, 5.41) is 10.5. The van der Waals surface area contributed by atoms with E-state index in [-0.39, 0.29) is 23.5 Å². The number of nitrogens with zero attached hydrogens (tertiary/aromatic N) is 2. The number of alkyl carbamates (subject to hydrolysis) is 1. The molecule has 35 heavy (non-hydrogen) atoms. The van der Waals surface area contributed by atoms with Crippen molar-refractivity contribution in [3.05, 3.63) is 17.8 Å². The van der Waals surface area contributed by atoms with E-state index in [9.17, 15) is 9.59 Å². The molecule has 2 unspecified atom stereocenters. The van der Waals surface area contributed by atoms with Gasteiger partial charge in [0, 0.05) is 19.4 Å². The minimum Gasteiger partial charge on any atom is -0.477 e. The van der Waals surface area contributed by atoms with Gasteiger partial charge in [-0.3, -0.25) is 4.79 Å². The highest BCUT2D eigenvalue weighted by atomic mass is 16.5. The summed E-state index contributed by atoms with van der Waals surface area (Å²) in [5.41, 5.74) is -0.261. The molecule has 2 N–H and O–H groups in total. The number of aromatic nitrogens is 2. The standard InChI is InChI=1S/C26H40N4O5/c1-16(2)15-35-23-20(14-27-30(23)8-7-25(3,4)29-24(32)33-5)22(31)28-21-18-9-17-10-19(21)13-26(11-17,12-18)34-6/h7-8,14,16-19,21H,9-13,15H2,1-6H3,(H,28,31)(H,29,32)/b8-7+. The Balaban J connectivity index is 1.52. The first-order valence-electron chi connectivity index (χ1n) is 12.7. The van der Waals surface area contributed by atoms with Crippen LogP contribution in [0.3, 0.4) is 0 Å². The second-order valence-corrected chi connectivity index (χ2v) is 11.5. The van der Waals surface area contributed by atoms with Gasteiger partial charge in [0.2, 0.25) is 5.88 Å². The van der Waals surface area contributed by atoms with Gasteiger partial charge in [-0.2, -0.15) is 5.10 Å². The number of ether oxygens (including phenoxy) is 3. The van der Waals surface area contributed by atoms with Crippen LogP contribution in [0.4, 0.5) is 4.79 Å². The fourth-order valence-corrected chi connectivity index (χ4v) is 6.28. The monoisotopic (exact) mass is 488 g/mol. The third kappa shape index (κ3) is 5.50. The molecule has 0 aromatic carbocycles. The van der Waals surface area contributed by atoms with E-state index >= 15 is 0 Å². The van der Waals surface area contributed by atoms with Gasteiger partial charge in [0.1, 0.15) is 5.56 Å². The smallest absolute Gasteiger partial charge is 0.407 e. The Bertz CT molecular complexity index is 953. The number of nitrogens with one attached hydrogen (secondary N) is 2. The summed E-state index contributed by atoms with van der Waals surface area (Å²) in [4.78, 5) is 25.1. The number of hydrogen-bond donors (Lipinski definition) is 2. The molecule has 0 radical (unpaired) electrons. The fraction of sp³-hybridized carbons (Fsp3) is 0.731. The second-order valence-electron chi connectivity index (χ2n) is 11.5. The van der Waals surface area contributed by atoms with Gasteiger partial charge in [-0.15, -0.1) is 0 Å². The van der Waals surface area contributed by atoms with Crippen molar-refractivity contribution in [2.75, 3.05) is 20.8 Å². The van der Waals surface area contributed by atoms with Crippen LogP contribution in [0.15, 0.2) is 12.3 Å². The zero-order valence-electron chi connectivity index (χ0n) is 21.8. The largest absolute Gasteiger partial charge is 0.477 e. The number of amides is 2. The maximum absolute atomic E-state index is 13.5. The molecule has 9 heteroatoms. The quantitative estimate of drug-likeness (QED) is 0.547. The minimum atomic E-state index is -0.686. The van der Waals surface area contributed by atoms with Crippen molar-refractivity contribution in [3.63, 3.8) is 0 Å². The zero-order chi connectivity index (χ0) is 25.4. The molecule has 4 saturated carbocycles. The Labute approximate surface area is 207 Å². The summed E-state index contributed by atoms with van der Waals surface area (Å²) in [6.07, 6.45) is 10.0. The molecule has 9 nitrogen and oxygen atoms in total. The van der Waals surface area contributed by atoms with E-state index in [4.69, 9.17) is 14.2 Å². The second kappa shape index (κ2) is 9.84. The number of hydrogen-bond acceptors (Lipinski definition) is 6. The van der Waals surface area contributed by atoms with Gasteiger partial charge in [-0.1, -0.05) is 13.8 Å². The van der Waals surface area contributed by atoms with Crippen LogP contribution in [0.5, 0.6) is 5.88 Å². The van der Waals surface area contributed by atoms with Crippen LogP contribution >= 0.6 is 0 Å². The highest BCUT2D eigenvalue weighted by molar-refractivity contribution is 5.96. The highest BCUT2D eigenvalue weighted by Gasteiger charge is 2.56. The predicted molar refractivity (Wildman–Crippen MR) is 132 cm³/mol. The van der Waals surface area contributed by atoms with Crippen LogP contribution in [0.25, 0.3) is 6.20 Å². The van der Waals surface area contributed by atoms with Gasteiger partial charge in [0.25, 0.3) is 5.91 Å². The number of carbonyl (C=O) groups excluding carboxylic acids is 2. The van der Waals surface area contributed by atoms with E-state index in [1.165, 1.54) is 7.11 Å². The minimum absolute atomic E-state index is 0.00395.